The molecule has 120 valence electrons. The minimum Gasteiger partial charge on any atom is -0.481 e. The minimum absolute atomic E-state index is 0.119. The first kappa shape index (κ1) is 16.4. The number of carbonyl (C=O) groups is 1. The maximum Gasteiger partial charge on any atom is 0.417 e. The summed E-state index contributed by atoms with van der Waals surface area (Å²) in [5.74, 6) is -0.976. The molecule has 0 unspecified atom stereocenters. The molecule has 0 fully saturated rings. The number of fused-ring (bicyclic) bond motifs is 1. The Morgan fingerprint density at radius 2 is 1.91 bits per heavy atom. The lowest BCUT2D eigenvalue weighted by Crippen LogP contribution is -2.27. The molecule has 6 heteroatoms. The highest BCUT2D eigenvalue weighted by Gasteiger charge is 2.34. The molecular weight excluding hydrogens is 295 g/mol. The molecule has 1 N–H and O–H groups in total. The number of aliphatic carboxylic acids is 1. The number of carboxylic acid groups (broad SMARTS) is 1. The van der Waals surface area contributed by atoms with Crippen molar-refractivity contribution < 1.29 is 23.1 Å². The zero-order valence-corrected chi connectivity index (χ0v) is 12.7. The second-order valence-corrected chi connectivity index (χ2v) is 5.98. The van der Waals surface area contributed by atoms with Gasteiger partial charge in [-0.3, -0.25) is 4.79 Å². The van der Waals surface area contributed by atoms with Crippen LogP contribution in [0.25, 0.3) is 10.9 Å². The molecule has 1 aromatic heterocycles. The van der Waals surface area contributed by atoms with Gasteiger partial charge in [-0.2, -0.15) is 13.2 Å². The lowest BCUT2D eigenvalue weighted by molar-refractivity contribution is -0.146. The Morgan fingerprint density at radius 3 is 2.41 bits per heavy atom. The summed E-state index contributed by atoms with van der Waals surface area (Å²) in [7, 11) is 0. The number of benzene rings is 1. The Morgan fingerprint density at radius 1 is 1.27 bits per heavy atom. The number of halogens is 3. The monoisotopic (exact) mass is 313 g/mol. The van der Waals surface area contributed by atoms with Crippen molar-refractivity contribution in [3.05, 3.63) is 35.5 Å². The highest BCUT2D eigenvalue weighted by atomic mass is 19.4. The number of rotatable bonds is 4. The van der Waals surface area contributed by atoms with Crippen LogP contribution in [0.4, 0.5) is 13.2 Å². The van der Waals surface area contributed by atoms with Crippen molar-refractivity contribution in [3.63, 3.8) is 0 Å². The molecule has 0 aliphatic rings. The predicted molar refractivity (Wildman–Crippen MR) is 77.7 cm³/mol. The summed E-state index contributed by atoms with van der Waals surface area (Å²) in [6.07, 6.45) is -4.26. The van der Waals surface area contributed by atoms with Gasteiger partial charge in [0.15, 0.2) is 0 Å². The van der Waals surface area contributed by atoms with E-state index in [0.717, 1.165) is 6.07 Å². The summed E-state index contributed by atoms with van der Waals surface area (Å²) in [4.78, 5) is 11.3. The van der Waals surface area contributed by atoms with Gasteiger partial charge < -0.3 is 9.67 Å². The van der Waals surface area contributed by atoms with Crippen molar-refractivity contribution in [2.75, 3.05) is 0 Å². The second-order valence-electron chi connectivity index (χ2n) is 5.98. The maximum absolute atomic E-state index is 13.1. The first-order valence-corrected chi connectivity index (χ1v) is 6.99. The Hall–Kier alpha value is -1.98. The average molecular weight is 313 g/mol. The third-order valence-electron chi connectivity index (χ3n) is 3.86. The van der Waals surface area contributed by atoms with E-state index in [1.165, 1.54) is 12.1 Å². The number of aryl methyl sites for hydroxylation is 1. The van der Waals surface area contributed by atoms with Gasteiger partial charge in [0.25, 0.3) is 0 Å². The number of carboxylic acids is 1. The molecule has 0 saturated heterocycles. The second kappa shape index (κ2) is 5.34. The highest BCUT2D eigenvalue weighted by Crippen LogP contribution is 2.37. The molecule has 2 aromatic rings. The molecule has 0 radical (unpaired) electrons. The van der Waals surface area contributed by atoms with Gasteiger partial charge >= 0.3 is 12.1 Å². The van der Waals surface area contributed by atoms with Crippen molar-refractivity contribution in [1.82, 2.24) is 4.57 Å². The Kier molecular flexibility index (Phi) is 3.98. The average Bonchev–Trinajstić information content (AvgIpc) is 2.73. The Labute approximate surface area is 126 Å². The van der Waals surface area contributed by atoms with E-state index in [9.17, 15) is 23.1 Å². The zero-order chi connectivity index (χ0) is 16.7. The lowest BCUT2D eigenvalue weighted by atomic mass is 9.88. The summed E-state index contributed by atoms with van der Waals surface area (Å²) in [6.45, 7) is 5.45. The van der Waals surface area contributed by atoms with Crippen molar-refractivity contribution in [3.8, 4) is 0 Å². The van der Waals surface area contributed by atoms with E-state index in [4.69, 9.17) is 0 Å². The third-order valence-corrected chi connectivity index (χ3v) is 3.86. The standard InChI is InChI=1S/C16H18F3NO2/c1-4-20-10(9-15(2,3)14(21)22)8-11-12(16(17,18)19)6-5-7-13(11)20/h5-8H,4,9H2,1-3H3,(H,21,22). The van der Waals surface area contributed by atoms with Crippen LogP contribution in [0.1, 0.15) is 32.0 Å². The molecule has 0 saturated carbocycles. The van der Waals surface area contributed by atoms with Crippen LogP contribution in [0.3, 0.4) is 0 Å². The molecule has 1 heterocycles. The van der Waals surface area contributed by atoms with Crippen LogP contribution in [-0.2, 0) is 23.9 Å². The fourth-order valence-electron chi connectivity index (χ4n) is 2.63. The molecule has 0 aliphatic heterocycles. The van der Waals surface area contributed by atoms with Crippen molar-refractivity contribution in [1.29, 1.82) is 0 Å². The summed E-state index contributed by atoms with van der Waals surface area (Å²) >= 11 is 0. The zero-order valence-electron chi connectivity index (χ0n) is 12.7. The van der Waals surface area contributed by atoms with E-state index in [1.54, 1.807) is 24.5 Å². The molecule has 0 bridgehead atoms. The van der Waals surface area contributed by atoms with E-state index in [0.29, 0.717) is 17.8 Å². The van der Waals surface area contributed by atoms with Crippen molar-refractivity contribution in [2.45, 2.75) is 39.9 Å². The van der Waals surface area contributed by atoms with E-state index in [-0.39, 0.29) is 11.8 Å². The van der Waals surface area contributed by atoms with Gasteiger partial charge in [0.05, 0.1) is 11.0 Å². The number of hydrogen-bond donors (Lipinski definition) is 1. The maximum atomic E-state index is 13.1. The quantitative estimate of drug-likeness (QED) is 0.912. The number of aromatic nitrogens is 1. The van der Waals surface area contributed by atoms with Crippen molar-refractivity contribution in [2.24, 2.45) is 5.41 Å². The van der Waals surface area contributed by atoms with Gasteiger partial charge in [-0.05, 0) is 39.0 Å². The first-order chi connectivity index (χ1) is 10.1. The van der Waals surface area contributed by atoms with Gasteiger partial charge in [0.1, 0.15) is 0 Å². The molecule has 0 atom stereocenters. The van der Waals surface area contributed by atoms with Crippen LogP contribution in [0, 0.1) is 5.41 Å². The van der Waals surface area contributed by atoms with E-state index >= 15 is 0 Å². The van der Waals surface area contributed by atoms with Crippen LogP contribution < -0.4 is 0 Å². The van der Waals surface area contributed by atoms with Crippen LogP contribution >= 0.6 is 0 Å². The fraction of sp³-hybridized carbons (Fsp3) is 0.438. The topological polar surface area (TPSA) is 42.2 Å². The van der Waals surface area contributed by atoms with Crippen LogP contribution in [-0.4, -0.2) is 15.6 Å². The van der Waals surface area contributed by atoms with Crippen molar-refractivity contribution >= 4 is 16.9 Å². The Balaban J connectivity index is 2.64. The van der Waals surface area contributed by atoms with Gasteiger partial charge in [-0.15, -0.1) is 0 Å². The van der Waals surface area contributed by atoms with Crippen LogP contribution in [0.5, 0.6) is 0 Å². The molecule has 22 heavy (non-hydrogen) atoms. The van der Waals surface area contributed by atoms with E-state index in [1.807, 2.05) is 6.92 Å². The number of alkyl halides is 3. The molecule has 0 amide bonds. The first-order valence-electron chi connectivity index (χ1n) is 6.99. The minimum atomic E-state index is -4.43. The Bertz CT molecular complexity index is 714. The fourth-order valence-corrected chi connectivity index (χ4v) is 2.63. The predicted octanol–water partition coefficient (Wildman–Crippen LogP) is 4.33. The van der Waals surface area contributed by atoms with E-state index in [2.05, 4.69) is 0 Å². The number of nitrogens with zero attached hydrogens (tertiary/aromatic N) is 1. The third kappa shape index (κ3) is 2.82. The lowest BCUT2D eigenvalue weighted by Gasteiger charge is -2.20. The molecule has 0 spiro atoms. The van der Waals surface area contributed by atoms with Gasteiger partial charge in [-0.25, -0.2) is 0 Å². The molecule has 1 aromatic carbocycles. The summed E-state index contributed by atoms with van der Waals surface area (Å²) in [5.41, 5.74) is -0.652. The SMILES string of the molecule is CCn1c(CC(C)(C)C(=O)O)cc2c(C(F)(F)F)cccc21. The molecule has 2 rings (SSSR count). The van der Waals surface area contributed by atoms with Crippen LogP contribution in [0.2, 0.25) is 0 Å². The molecular formula is C16H18F3NO2. The molecule has 0 aliphatic carbocycles. The van der Waals surface area contributed by atoms with Crippen LogP contribution in [0.15, 0.2) is 24.3 Å². The highest BCUT2D eigenvalue weighted by molar-refractivity contribution is 5.85. The number of hydrogen-bond acceptors (Lipinski definition) is 1. The largest absolute Gasteiger partial charge is 0.481 e. The summed E-state index contributed by atoms with van der Waals surface area (Å²) in [5, 5.41) is 9.35. The molecule has 3 nitrogen and oxygen atoms in total. The van der Waals surface area contributed by atoms with Gasteiger partial charge in [0.2, 0.25) is 0 Å². The van der Waals surface area contributed by atoms with Gasteiger partial charge in [-0.1, -0.05) is 6.07 Å². The normalized spacial score (nSPS) is 12.8. The summed E-state index contributed by atoms with van der Waals surface area (Å²) < 4.78 is 41.1. The van der Waals surface area contributed by atoms with E-state index < -0.39 is 23.1 Å². The smallest absolute Gasteiger partial charge is 0.417 e. The van der Waals surface area contributed by atoms with Gasteiger partial charge in [0, 0.05) is 29.6 Å². The summed E-state index contributed by atoms with van der Waals surface area (Å²) in [6, 6.07) is 5.52.